The van der Waals surface area contributed by atoms with E-state index in [2.05, 4.69) is 0 Å². The minimum atomic E-state index is -0.177. The Morgan fingerprint density at radius 1 is 1.24 bits per heavy atom. The van der Waals surface area contributed by atoms with Crippen molar-refractivity contribution in [3.63, 3.8) is 0 Å². The van der Waals surface area contributed by atoms with Gasteiger partial charge in [0.2, 0.25) is 0 Å². The van der Waals surface area contributed by atoms with E-state index < -0.39 is 0 Å². The van der Waals surface area contributed by atoms with Crippen molar-refractivity contribution in [2.75, 3.05) is 31.3 Å². The number of rotatable bonds is 2. The highest BCUT2D eigenvalue weighted by Gasteiger charge is 2.43. The Labute approximate surface area is 107 Å². The molecule has 0 aromatic carbocycles. The lowest BCUT2D eigenvalue weighted by molar-refractivity contribution is -0.109. The second kappa shape index (κ2) is 5.08. The summed E-state index contributed by atoms with van der Waals surface area (Å²) in [6.45, 7) is 2.40. The molecule has 3 nitrogen and oxygen atoms in total. The second-order valence-electron chi connectivity index (χ2n) is 5.70. The van der Waals surface area contributed by atoms with Gasteiger partial charge in [-0.15, -0.1) is 0 Å². The van der Waals surface area contributed by atoms with E-state index in [1.165, 1.54) is 12.2 Å². The number of hydrogen-bond donors (Lipinski definition) is 1. The van der Waals surface area contributed by atoms with Crippen molar-refractivity contribution in [2.24, 2.45) is 11.8 Å². The average molecular weight is 258 g/mol. The third-order valence-electron chi connectivity index (χ3n) is 4.53. The highest BCUT2D eigenvalue weighted by Crippen LogP contribution is 2.42. The maximum absolute atomic E-state index is 10.5. The molecule has 3 aliphatic rings. The molecule has 3 heterocycles. The third-order valence-corrected chi connectivity index (χ3v) is 5.75. The van der Waals surface area contributed by atoms with Crippen LogP contribution < -0.4 is 0 Å². The van der Waals surface area contributed by atoms with E-state index >= 15 is 0 Å². The highest BCUT2D eigenvalue weighted by molar-refractivity contribution is 7.99. The molecule has 1 spiro atoms. The monoisotopic (exact) mass is 258 g/mol. The zero-order valence-electron chi connectivity index (χ0n) is 10.3. The van der Waals surface area contributed by atoms with Crippen molar-refractivity contribution in [3.8, 4) is 0 Å². The number of thioether (sulfide) groups is 1. The van der Waals surface area contributed by atoms with E-state index in [-0.39, 0.29) is 11.7 Å². The molecule has 98 valence electrons. The summed E-state index contributed by atoms with van der Waals surface area (Å²) < 4.78 is 11.4. The summed E-state index contributed by atoms with van der Waals surface area (Å²) in [5.41, 5.74) is 0.0913. The molecule has 0 aliphatic carbocycles. The van der Waals surface area contributed by atoms with E-state index in [4.69, 9.17) is 9.47 Å². The first-order valence-electron chi connectivity index (χ1n) is 6.77. The Balaban J connectivity index is 1.62. The van der Waals surface area contributed by atoms with Gasteiger partial charge in [0.25, 0.3) is 0 Å². The predicted octanol–water partition coefficient (Wildman–Crippen LogP) is 1.69. The van der Waals surface area contributed by atoms with E-state index in [1.807, 2.05) is 11.8 Å². The minimum Gasteiger partial charge on any atom is -0.392 e. The fourth-order valence-corrected chi connectivity index (χ4v) is 4.81. The summed E-state index contributed by atoms with van der Waals surface area (Å²) in [7, 11) is 0. The molecular weight excluding hydrogens is 236 g/mol. The lowest BCUT2D eigenvalue weighted by Gasteiger charge is -2.40. The van der Waals surface area contributed by atoms with Crippen molar-refractivity contribution in [1.29, 1.82) is 0 Å². The molecule has 0 aromatic rings. The molecule has 4 atom stereocenters. The first-order valence-corrected chi connectivity index (χ1v) is 7.92. The summed E-state index contributed by atoms with van der Waals surface area (Å²) in [5, 5.41) is 10.5. The molecule has 3 saturated heterocycles. The van der Waals surface area contributed by atoms with Crippen molar-refractivity contribution in [2.45, 2.75) is 37.4 Å². The minimum absolute atomic E-state index is 0.0913. The normalized spacial score (nSPS) is 44.3. The summed E-state index contributed by atoms with van der Waals surface area (Å²) in [6, 6.07) is 0. The van der Waals surface area contributed by atoms with Crippen LogP contribution in [0, 0.1) is 11.8 Å². The van der Waals surface area contributed by atoms with E-state index in [0.717, 1.165) is 44.8 Å². The molecule has 3 fully saturated rings. The van der Waals surface area contributed by atoms with Crippen LogP contribution in [0.3, 0.4) is 0 Å². The van der Waals surface area contributed by atoms with Crippen molar-refractivity contribution in [1.82, 2.24) is 0 Å². The topological polar surface area (TPSA) is 38.7 Å². The van der Waals surface area contributed by atoms with Gasteiger partial charge in [-0.05, 0) is 37.4 Å². The number of hydrogen-bond acceptors (Lipinski definition) is 4. The molecule has 3 rings (SSSR count). The van der Waals surface area contributed by atoms with Crippen LogP contribution >= 0.6 is 11.8 Å². The number of aliphatic hydroxyl groups excluding tert-OH is 1. The molecule has 17 heavy (non-hydrogen) atoms. The van der Waals surface area contributed by atoms with Gasteiger partial charge in [0.05, 0.1) is 18.3 Å². The molecule has 4 heteroatoms. The van der Waals surface area contributed by atoms with Gasteiger partial charge in [-0.25, -0.2) is 0 Å². The van der Waals surface area contributed by atoms with E-state index in [1.54, 1.807) is 0 Å². The van der Waals surface area contributed by atoms with Gasteiger partial charge in [0.1, 0.15) is 0 Å². The number of ether oxygens (including phenoxy) is 2. The van der Waals surface area contributed by atoms with Crippen molar-refractivity contribution in [3.05, 3.63) is 0 Å². The number of aliphatic hydroxyl groups is 1. The van der Waals surface area contributed by atoms with Gasteiger partial charge in [-0.1, -0.05) is 0 Å². The first kappa shape index (κ1) is 12.3. The molecule has 0 amide bonds. The van der Waals surface area contributed by atoms with Crippen molar-refractivity contribution < 1.29 is 14.6 Å². The van der Waals surface area contributed by atoms with Crippen LogP contribution in [0.5, 0.6) is 0 Å². The molecule has 4 unspecified atom stereocenters. The van der Waals surface area contributed by atoms with Crippen LogP contribution in [-0.4, -0.2) is 48.1 Å². The molecule has 0 saturated carbocycles. The van der Waals surface area contributed by atoms with Crippen LogP contribution in [0.1, 0.15) is 25.7 Å². The van der Waals surface area contributed by atoms with Crippen LogP contribution in [0.2, 0.25) is 0 Å². The fraction of sp³-hybridized carbons (Fsp3) is 1.00. The smallest absolute Gasteiger partial charge is 0.0783 e. The first-order chi connectivity index (χ1) is 8.29. The summed E-state index contributed by atoms with van der Waals surface area (Å²) in [5.74, 6) is 3.13. The van der Waals surface area contributed by atoms with Gasteiger partial charge in [-0.2, -0.15) is 11.8 Å². The van der Waals surface area contributed by atoms with Crippen LogP contribution in [0.25, 0.3) is 0 Å². The molecule has 0 bridgehead atoms. The van der Waals surface area contributed by atoms with Gasteiger partial charge in [-0.3, -0.25) is 0 Å². The largest absolute Gasteiger partial charge is 0.392 e. The quantitative estimate of drug-likeness (QED) is 0.818. The average Bonchev–Trinajstić information content (AvgIpc) is 3.00. The Kier molecular flexibility index (Phi) is 3.67. The van der Waals surface area contributed by atoms with Gasteiger partial charge >= 0.3 is 0 Å². The maximum atomic E-state index is 10.5. The van der Waals surface area contributed by atoms with Crippen LogP contribution in [0.15, 0.2) is 0 Å². The fourth-order valence-electron chi connectivity index (χ4n) is 3.43. The SMILES string of the molecule is OC(C1CCOC1)C1CCOC2(CCSC2)C1. The van der Waals surface area contributed by atoms with Crippen molar-refractivity contribution >= 4 is 11.8 Å². The third kappa shape index (κ3) is 2.50. The summed E-state index contributed by atoms with van der Waals surface area (Å²) >= 11 is 1.99. The van der Waals surface area contributed by atoms with Gasteiger partial charge in [0.15, 0.2) is 0 Å². The Hall–Kier alpha value is 0.230. The summed E-state index contributed by atoms with van der Waals surface area (Å²) in [4.78, 5) is 0. The highest BCUT2D eigenvalue weighted by atomic mass is 32.2. The molecule has 0 radical (unpaired) electrons. The maximum Gasteiger partial charge on any atom is 0.0783 e. The Morgan fingerprint density at radius 2 is 2.12 bits per heavy atom. The zero-order valence-corrected chi connectivity index (χ0v) is 11.1. The Bertz CT molecular complexity index is 259. The molecule has 1 N–H and O–H groups in total. The lowest BCUT2D eigenvalue weighted by Crippen LogP contribution is -2.44. The Morgan fingerprint density at radius 3 is 2.82 bits per heavy atom. The molecule has 3 aliphatic heterocycles. The van der Waals surface area contributed by atoms with Crippen LogP contribution in [0.4, 0.5) is 0 Å². The van der Waals surface area contributed by atoms with E-state index in [9.17, 15) is 5.11 Å². The van der Waals surface area contributed by atoms with Gasteiger partial charge in [0, 0.05) is 24.9 Å². The standard InChI is InChI=1S/C13H22O3S/c14-12(11-1-4-15-8-11)10-2-5-16-13(7-10)3-6-17-9-13/h10-12,14H,1-9H2. The lowest BCUT2D eigenvalue weighted by atomic mass is 9.78. The zero-order chi connectivity index (χ0) is 11.7. The molecular formula is C13H22O3S. The predicted molar refractivity (Wildman–Crippen MR) is 68.3 cm³/mol. The molecule has 0 aromatic heterocycles. The van der Waals surface area contributed by atoms with Crippen LogP contribution in [-0.2, 0) is 9.47 Å². The van der Waals surface area contributed by atoms with E-state index in [0.29, 0.717) is 11.8 Å². The summed E-state index contributed by atoms with van der Waals surface area (Å²) in [6.07, 6.45) is 4.09. The second-order valence-corrected chi connectivity index (χ2v) is 6.81. The van der Waals surface area contributed by atoms with Gasteiger partial charge < -0.3 is 14.6 Å².